The SMILES string of the molecule is NOCC1CCCCN1C1CCCCC1. The number of hydrogen-bond acceptors (Lipinski definition) is 3. The Bertz CT molecular complexity index is 168. The third-order valence-corrected chi connectivity index (χ3v) is 4.01. The van der Waals surface area contributed by atoms with Crippen LogP contribution in [0.5, 0.6) is 0 Å². The Morgan fingerprint density at radius 3 is 2.47 bits per heavy atom. The fourth-order valence-electron chi connectivity index (χ4n) is 3.21. The van der Waals surface area contributed by atoms with Gasteiger partial charge in [-0.15, -0.1) is 0 Å². The minimum atomic E-state index is 0.590. The topological polar surface area (TPSA) is 38.5 Å². The first-order chi connectivity index (χ1) is 7.42. The number of nitrogens with zero attached hydrogens (tertiary/aromatic N) is 1. The van der Waals surface area contributed by atoms with Crippen molar-refractivity contribution in [3.05, 3.63) is 0 Å². The molecular formula is C12H24N2O. The van der Waals surface area contributed by atoms with Crippen molar-refractivity contribution in [3.63, 3.8) is 0 Å². The molecule has 15 heavy (non-hydrogen) atoms. The van der Waals surface area contributed by atoms with Crippen LogP contribution >= 0.6 is 0 Å². The van der Waals surface area contributed by atoms with Crippen LogP contribution in [0.4, 0.5) is 0 Å². The maximum absolute atomic E-state index is 5.22. The third kappa shape index (κ3) is 2.92. The highest BCUT2D eigenvalue weighted by atomic mass is 16.6. The number of hydrogen-bond donors (Lipinski definition) is 1. The van der Waals surface area contributed by atoms with Crippen LogP contribution < -0.4 is 5.90 Å². The Morgan fingerprint density at radius 1 is 1.00 bits per heavy atom. The van der Waals surface area contributed by atoms with E-state index in [1.165, 1.54) is 57.9 Å². The molecule has 2 aliphatic rings. The molecule has 0 aromatic rings. The maximum atomic E-state index is 5.22. The zero-order valence-corrected chi connectivity index (χ0v) is 9.66. The van der Waals surface area contributed by atoms with E-state index in [1.807, 2.05) is 0 Å². The first-order valence-electron chi connectivity index (χ1n) is 6.49. The second kappa shape index (κ2) is 5.83. The summed E-state index contributed by atoms with van der Waals surface area (Å²) >= 11 is 0. The van der Waals surface area contributed by atoms with Gasteiger partial charge in [0.05, 0.1) is 6.61 Å². The molecule has 1 aliphatic carbocycles. The second-order valence-corrected chi connectivity index (χ2v) is 5.01. The van der Waals surface area contributed by atoms with Gasteiger partial charge in [0.2, 0.25) is 0 Å². The van der Waals surface area contributed by atoms with Crippen LogP contribution in [0.15, 0.2) is 0 Å². The number of likely N-dealkylation sites (tertiary alicyclic amines) is 1. The average Bonchev–Trinajstić information content (AvgIpc) is 2.31. The van der Waals surface area contributed by atoms with Gasteiger partial charge in [-0.1, -0.05) is 25.7 Å². The minimum absolute atomic E-state index is 0.590. The van der Waals surface area contributed by atoms with Crippen molar-refractivity contribution in [3.8, 4) is 0 Å². The Balaban J connectivity index is 1.90. The molecule has 0 radical (unpaired) electrons. The van der Waals surface area contributed by atoms with E-state index >= 15 is 0 Å². The minimum Gasteiger partial charge on any atom is -0.303 e. The molecule has 1 heterocycles. The van der Waals surface area contributed by atoms with Crippen molar-refractivity contribution in [1.29, 1.82) is 0 Å². The van der Waals surface area contributed by atoms with Crippen LogP contribution in [0.3, 0.4) is 0 Å². The summed E-state index contributed by atoms with van der Waals surface area (Å²) in [6, 6.07) is 1.41. The van der Waals surface area contributed by atoms with Gasteiger partial charge in [0.1, 0.15) is 0 Å². The molecule has 1 saturated heterocycles. The van der Waals surface area contributed by atoms with Crippen LogP contribution in [0.2, 0.25) is 0 Å². The summed E-state index contributed by atoms with van der Waals surface area (Å²) < 4.78 is 0. The lowest BCUT2D eigenvalue weighted by Gasteiger charge is -2.42. The predicted molar refractivity (Wildman–Crippen MR) is 61.4 cm³/mol. The normalized spacial score (nSPS) is 30.6. The molecule has 2 fully saturated rings. The Labute approximate surface area is 92.9 Å². The molecule has 3 nitrogen and oxygen atoms in total. The summed E-state index contributed by atoms with van der Waals surface area (Å²) in [5.74, 6) is 5.22. The van der Waals surface area contributed by atoms with Gasteiger partial charge in [-0.3, -0.25) is 4.90 Å². The van der Waals surface area contributed by atoms with Crippen molar-refractivity contribution >= 4 is 0 Å². The molecule has 3 heteroatoms. The molecule has 1 saturated carbocycles. The fraction of sp³-hybridized carbons (Fsp3) is 1.00. The summed E-state index contributed by atoms with van der Waals surface area (Å²) in [7, 11) is 0. The smallest absolute Gasteiger partial charge is 0.0834 e. The lowest BCUT2D eigenvalue weighted by atomic mass is 9.90. The second-order valence-electron chi connectivity index (χ2n) is 5.01. The summed E-state index contributed by atoms with van der Waals surface area (Å²) in [6.07, 6.45) is 11.0. The van der Waals surface area contributed by atoms with Crippen LogP contribution in [0.1, 0.15) is 51.4 Å². The molecular weight excluding hydrogens is 188 g/mol. The number of rotatable bonds is 3. The van der Waals surface area contributed by atoms with E-state index in [2.05, 4.69) is 4.90 Å². The molecule has 1 unspecified atom stereocenters. The van der Waals surface area contributed by atoms with E-state index in [9.17, 15) is 0 Å². The van der Waals surface area contributed by atoms with Gasteiger partial charge in [-0.2, -0.15) is 0 Å². The van der Waals surface area contributed by atoms with E-state index in [0.29, 0.717) is 6.04 Å². The van der Waals surface area contributed by atoms with Gasteiger partial charge >= 0.3 is 0 Å². The Morgan fingerprint density at radius 2 is 1.73 bits per heavy atom. The lowest BCUT2D eigenvalue weighted by molar-refractivity contribution is 0.00762. The third-order valence-electron chi connectivity index (χ3n) is 4.01. The van der Waals surface area contributed by atoms with Crippen molar-refractivity contribution in [2.75, 3.05) is 13.2 Å². The molecule has 1 atom stereocenters. The fourth-order valence-corrected chi connectivity index (χ4v) is 3.21. The highest BCUT2D eigenvalue weighted by Gasteiger charge is 2.29. The number of nitrogens with two attached hydrogens (primary N) is 1. The van der Waals surface area contributed by atoms with Crippen LogP contribution in [0, 0.1) is 0 Å². The summed E-state index contributed by atoms with van der Waals surface area (Å²) in [4.78, 5) is 7.54. The molecule has 0 spiro atoms. The van der Waals surface area contributed by atoms with Gasteiger partial charge < -0.3 is 4.84 Å². The van der Waals surface area contributed by atoms with Crippen molar-refractivity contribution in [2.45, 2.75) is 63.5 Å². The van der Waals surface area contributed by atoms with Crippen molar-refractivity contribution < 1.29 is 4.84 Å². The first-order valence-corrected chi connectivity index (χ1v) is 6.49. The zero-order valence-electron chi connectivity index (χ0n) is 9.66. The van der Waals surface area contributed by atoms with Crippen LogP contribution in [0.25, 0.3) is 0 Å². The monoisotopic (exact) mass is 212 g/mol. The van der Waals surface area contributed by atoms with Crippen LogP contribution in [-0.4, -0.2) is 30.1 Å². The van der Waals surface area contributed by atoms with Crippen molar-refractivity contribution in [2.24, 2.45) is 5.90 Å². The molecule has 0 bridgehead atoms. The summed E-state index contributed by atoms with van der Waals surface area (Å²) in [6.45, 7) is 1.98. The summed E-state index contributed by atoms with van der Waals surface area (Å²) in [5, 5.41) is 0. The number of piperidine rings is 1. The molecule has 0 aromatic heterocycles. The van der Waals surface area contributed by atoms with E-state index in [0.717, 1.165) is 12.6 Å². The van der Waals surface area contributed by atoms with Crippen LogP contribution in [-0.2, 0) is 4.84 Å². The molecule has 2 rings (SSSR count). The van der Waals surface area contributed by atoms with E-state index in [-0.39, 0.29) is 0 Å². The van der Waals surface area contributed by atoms with Gasteiger partial charge in [-0.05, 0) is 32.2 Å². The predicted octanol–water partition coefficient (Wildman–Crippen LogP) is 2.06. The molecule has 1 aliphatic heterocycles. The lowest BCUT2D eigenvalue weighted by Crippen LogP contribution is -2.49. The Hall–Kier alpha value is -0.120. The molecule has 2 N–H and O–H groups in total. The Kier molecular flexibility index (Phi) is 4.42. The molecule has 0 aromatic carbocycles. The van der Waals surface area contributed by atoms with E-state index in [4.69, 9.17) is 10.7 Å². The first kappa shape index (κ1) is 11.4. The summed E-state index contributed by atoms with van der Waals surface area (Å²) in [5.41, 5.74) is 0. The quantitative estimate of drug-likeness (QED) is 0.728. The van der Waals surface area contributed by atoms with E-state index < -0.39 is 0 Å². The zero-order chi connectivity index (χ0) is 10.5. The maximum Gasteiger partial charge on any atom is 0.0834 e. The van der Waals surface area contributed by atoms with Gasteiger partial charge in [0, 0.05) is 12.1 Å². The standard InChI is InChI=1S/C12H24N2O/c13-15-10-12-8-4-5-9-14(12)11-6-2-1-3-7-11/h11-12H,1-10,13H2. The highest BCUT2D eigenvalue weighted by Crippen LogP contribution is 2.28. The molecule has 88 valence electrons. The van der Waals surface area contributed by atoms with Gasteiger partial charge in [0.15, 0.2) is 0 Å². The van der Waals surface area contributed by atoms with Gasteiger partial charge in [-0.25, -0.2) is 5.90 Å². The van der Waals surface area contributed by atoms with E-state index in [1.54, 1.807) is 0 Å². The molecule has 0 amide bonds. The van der Waals surface area contributed by atoms with Gasteiger partial charge in [0.25, 0.3) is 0 Å². The average molecular weight is 212 g/mol. The van der Waals surface area contributed by atoms with Crippen molar-refractivity contribution in [1.82, 2.24) is 4.90 Å². The largest absolute Gasteiger partial charge is 0.303 e. The highest BCUT2D eigenvalue weighted by molar-refractivity contribution is 4.84.